The maximum absolute atomic E-state index is 13.3. The summed E-state index contributed by atoms with van der Waals surface area (Å²) in [6.07, 6.45) is 1.96. The molecule has 1 aromatic heterocycles. The minimum absolute atomic E-state index is 0.0245. The molecule has 152 valence electrons. The number of hydrogen-bond acceptors (Lipinski definition) is 3. The summed E-state index contributed by atoms with van der Waals surface area (Å²) in [4.78, 5) is 18.6. The molecule has 2 heterocycles. The second-order valence-electron chi connectivity index (χ2n) is 7.48. The summed E-state index contributed by atoms with van der Waals surface area (Å²) in [6, 6.07) is 15.6. The first-order valence-electron chi connectivity index (χ1n) is 10.1. The van der Waals surface area contributed by atoms with Crippen LogP contribution in [0.5, 0.6) is 5.75 Å². The second kappa shape index (κ2) is 8.37. The van der Waals surface area contributed by atoms with Crippen molar-refractivity contribution in [3.8, 4) is 5.75 Å². The Balaban J connectivity index is 1.52. The Kier molecular flexibility index (Phi) is 5.67. The molecule has 2 aromatic carbocycles. The van der Waals surface area contributed by atoms with E-state index in [1.54, 1.807) is 0 Å². The van der Waals surface area contributed by atoms with Gasteiger partial charge < -0.3 is 19.9 Å². The van der Waals surface area contributed by atoms with E-state index in [2.05, 4.69) is 23.3 Å². The predicted molar refractivity (Wildman–Crippen MR) is 118 cm³/mol. The number of fused-ring (bicyclic) bond motifs is 1. The number of ether oxygens (including phenoxy) is 1. The van der Waals surface area contributed by atoms with E-state index >= 15 is 0 Å². The molecule has 1 aliphatic rings. The lowest BCUT2D eigenvalue weighted by molar-refractivity contribution is 0.0612. The predicted octanol–water partition coefficient (Wildman–Crippen LogP) is 5.33. The molecule has 29 heavy (non-hydrogen) atoms. The SMILES string of the molecule is CCOc1ccccc1C(=O)N1CCC[C@@H](Nc2cc3cc(Cl)ccc3[nH]2)[C@@H]1C. The minimum atomic E-state index is 0.0245. The molecule has 5 nitrogen and oxygen atoms in total. The van der Waals surface area contributed by atoms with Gasteiger partial charge in [0.25, 0.3) is 5.91 Å². The third kappa shape index (κ3) is 4.06. The third-order valence-electron chi connectivity index (χ3n) is 5.59. The zero-order chi connectivity index (χ0) is 20.4. The van der Waals surface area contributed by atoms with Crippen LogP contribution in [0.2, 0.25) is 5.02 Å². The number of nitrogens with zero attached hydrogens (tertiary/aromatic N) is 1. The number of para-hydroxylation sites is 1. The number of carbonyl (C=O) groups excluding carboxylic acids is 1. The van der Waals surface area contributed by atoms with E-state index in [-0.39, 0.29) is 18.0 Å². The number of nitrogens with one attached hydrogen (secondary N) is 2. The van der Waals surface area contributed by atoms with Crippen molar-refractivity contribution in [2.45, 2.75) is 38.8 Å². The Bertz CT molecular complexity index is 1020. The summed E-state index contributed by atoms with van der Waals surface area (Å²) in [7, 11) is 0. The van der Waals surface area contributed by atoms with Crippen molar-refractivity contribution in [3.63, 3.8) is 0 Å². The fraction of sp³-hybridized carbons (Fsp3) is 0.348. The highest BCUT2D eigenvalue weighted by molar-refractivity contribution is 6.31. The summed E-state index contributed by atoms with van der Waals surface area (Å²) < 4.78 is 5.67. The van der Waals surface area contributed by atoms with Crippen molar-refractivity contribution >= 4 is 34.2 Å². The number of halogens is 1. The van der Waals surface area contributed by atoms with E-state index in [1.165, 1.54) is 0 Å². The zero-order valence-corrected chi connectivity index (χ0v) is 17.5. The molecule has 1 fully saturated rings. The monoisotopic (exact) mass is 411 g/mol. The molecule has 3 aromatic rings. The first-order chi connectivity index (χ1) is 14.1. The van der Waals surface area contributed by atoms with E-state index in [9.17, 15) is 4.79 Å². The van der Waals surface area contributed by atoms with E-state index in [0.29, 0.717) is 17.9 Å². The maximum Gasteiger partial charge on any atom is 0.257 e. The summed E-state index contributed by atoms with van der Waals surface area (Å²) in [5.74, 6) is 1.62. The van der Waals surface area contributed by atoms with Gasteiger partial charge in [0.05, 0.1) is 12.2 Å². The number of aromatic nitrogens is 1. The van der Waals surface area contributed by atoms with Crippen molar-refractivity contribution in [1.29, 1.82) is 0 Å². The summed E-state index contributed by atoms with van der Waals surface area (Å²) in [5.41, 5.74) is 1.67. The maximum atomic E-state index is 13.3. The molecular formula is C23H26ClN3O2. The van der Waals surface area contributed by atoms with Crippen LogP contribution in [0, 0.1) is 0 Å². The van der Waals surface area contributed by atoms with Crippen LogP contribution in [0.4, 0.5) is 5.82 Å². The lowest BCUT2D eigenvalue weighted by atomic mass is 9.96. The van der Waals surface area contributed by atoms with Crippen molar-refractivity contribution in [2.24, 2.45) is 0 Å². The molecule has 0 spiro atoms. The quantitative estimate of drug-likeness (QED) is 0.597. The van der Waals surface area contributed by atoms with Gasteiger partial charge in [-0.3, -0.25) is 4.79 Å². The van der Waals surface area contributed by atoms with Crippen LogP contribution in [0.1, 0.15) is 37.0 Å². The standard InChI is InChI=1S/C23H26ClN3O2/c1-3-29-21-9-5-4-7-18(21)23(28)27-12-6-8-19(15(27)2)25-22-14-16-13-17(24)10-11-20(16)26-22/h4-5,7,9-11,13-15,19,25-26H,3,6,8,12H2,1-2H3/t15-,19+/m0/s1. The van der Waals surface area contributed by atoms with Crippen molar-refractivity contribution in [2.75, 3.05) is 18.5 Å². The van der Waals surface area contributed by atoms with E-state index in [0.717, 1.165) is 41.1 Å². The highest BCUT2D eigenvalue weighted by Gasteiger charge is 2.32. The lowest BCUT2D eigenvalue weighted by Crippen LogP contribution is -2.52. The van der Waals surface area contributed by atoms with E-state index in [4.69, 9.17) is 16.3 Å². The number of anilines is 1. The Morgan fingerprint density at radius 1 is 1.28 bits per heavy atom. The smallest absolute Gasteiger partial charge is 0.257 e. The van der Waals surface area contributed by atoms with Gasteiger partial charge in [0.1, 0.15) is 11.6 Å². The zero-order valence-electron chi connectivity index (χ0n) is 16.7. The number of amides is 1. The number of likely N-dealkylation sites (tertiary alicyclic amines) is 1. The molecular weight excluding hydrogens is 386 g/mol. The number of piperidine rings is 1. The van der Waals surface area contributed by atoms with Gasteiger partial charge in [0.2, 0.25) is 0 Å². The fourth-order valence-corrected chi connectivity index (χ4v) is 4.26. The highest BCUT2D eigenvalue weighted by Crippen LogP contribution is 2.28. The van der Waals surface area contributed by atoms with Gasteiger partial charge in [0.15, 0.2) is 0 Å². The average molecular weight is 412 g/mol. The van der Waals surface area contributed by atoms with Crippen LogP contribution in [0.25, 0.3) is 10.9 Å². The molecule has 6 heteroatoms. The summed E-state index contributed by atoms with van der Waals surface area (Å²) >= 11 is 6.10. The van der Waals surface area contributed by atoms with Crippen LogP contribution in [0.3, 0.4) is 0 Å². The molecule has 0 radical (unpaired) electrons. The molecule has 0 unspecified atom stereocenters. The Morgan fingerprint density at radius 3 is 2.93 bits per heavy atom. The third-order valence-corrected chi connectivity index (χ3v) is 5.83. The molecule has 1 saturated heterocycles. The lowest BCUT2D eigenvalue weighted by Gasteiger charge is -2.40. The number of H-pyrrole nitrogens is 1. The number of aromatic amines is 1. The fourth-order valence-electron chi connectivity index (χ4n) is 4.08. The second-order valence-corrected chi connectivity index (χ2v) is 7.91. The largest absolute Gasteiger partial charge is 0.493 e. The normalized spacial score (nSPS) is 19.3. The minimum Gasteiger partial charge on any atom is -0.493 e. The summed E-state index contributed by atoms with van der Waals surface area (Å²) in [5, 5.41) is 5.38. The Labute approximate surface area is 176 Å². The van der Waals surface area contributed by atoms with Crippen LogP contribution >= 0.6 is 11.6 Å². The highest BCUT2D eigenvalue weighted by atomic mass is 35.5. The van der Waals surface area contributed by atoms with Gasteiger partial charge in [-0.15, -0.1) is 0 Å². The van der Waals surface area contributed by atoms with Gasteiger partial charge in [-0.25, -0.2) is 0 Å². The average Bonchev–Trinajstić information content (AvgIpc) is 3.11. The molecule has 4 rings (SSSR count). The summed E-state index contributed by atoms with van der Waals surface area (Å²) in [6.45, 7) is 5.32. The molecule has 1 amide bonds. The molecule has 2 atom stereocenters. The van der Waals surface area contributed by atoms with Gasteiger partial charge in [-0.1, -0.05) is 23.7 Å². The van der Waals surface area contributed by atoms with Crippen LogP contribution in [0.15, 0.2) is 48.5 Å². The molecule has 0 saturated carbocycles. The van der Waals surface area contributed by atoms with Crippen molar-refractivity contribution in [3.05, 3.63) is 59.1 Å². The Hall–Kier alpha value is -2.66. The first kappa shape index (κ1) is 19.6. The van der Waals surface area contributed by atoms with Crippen molar-refractivity contribution in [1.82, 2.24) is 9.88 Å². The molecule has 1 aliphatic heterocycles. The topological polar surface area (TPSA) is 57.4 Å². The van der Waals surface area contributed by atoms with E-state index in [1.807, 2.05) is 54.3 Å². The van der Waals surface area contributed by atoms with Gasteiger partial charge in [-0.05, 0) is 63.1 Å². The van der Waals surface area contributed by atoms with Gasteiger partial charge in [0, 0.05) is 34.6 Å². The molecule has 2 N–H and O–H groups in total. The van der Waals surface area contributed by atoms with Crippen LogP contribution in [-0.2, 0) is 0 Å². The van der Waals surface area contributed by atoms with Crippen LogP contribution in [-0.4, -0.2) is 41.0 Å². The molecule has 0 aliphatic carbocycles. The number of carbonyl (C=O) groups is 1. The van der Waals surface area contributed by atoms with E-state index < -0.39 is 0 Å². The van der Waals surface area contributed by atoms with Crippen LogP contribution < -0.4 is 10.1 Å². The number of rotatable bonds is 5. The molecule has 0 bridgehead atoms. The Morgan fingerprint density at radius 2 is 2.10 bits per heavy atom. The van der Waals surface area contributed by atoms with Gasteiger partial charge >= 0.3 is 0 Å². The van der Waals surface area contributed by atoms with Gasteiger partial charge in [-0.2, -0.15) is 0 Å². The van der Waals surface area contributed by atoms with Crippen molar-refractivity contribution < 1.29 is 9.53 Å². The number of benzene rings is 2. The first-order valence-corrected chi connectivity index (χ1v) is 10.5. The number of hydrogen-bond donors (Lipinski definition) is 2.